The second-order valence-electron chi connectivity index (χ2n) is 5.02. The zero-order valence-electron chi connectivity index (χ0n) is 11.4. The predicted molar refractivity (Wildman–Crippen MR) is 72.3 cm³/mol. The van der Waals surface area contributed by atoms with Crippen molar-refractivity contribution < 1.29 is 23.7 Å². The molecule has 0 amide bonds. The predicted octanol–water partition coefficient (Wildman–Crippen LogP) is -1.41. The van der Waals surface area contributed by atoms with Crippen molar-refractivity contribution in [2.75, 3.05) is 12.3 Å². The highest BCUT2D eigenvalue weighted by atomic mass is 19.2. The number of alkyl halides is 2. The summed E-state index contributed by atoms with van der Waals surface area (Å²) in [5.41, 5.74) is 1.57. The van der Waals surface area contributed by atoms with E-state index < -0.39 is 36.0 Å². The lowest BCUT2D eigenvalue weighted by molar-refractivity contribution is -0.195. The Labute approximate surface area is 126 Å². The number of fused-ring (bicyclic) bond motifs is 1. The minimum absolute atomic E-state index is 0.195. The lowest BCUT2D eigenvalue weighted by Crippen LogP contribution is -2.47. The van der Waals surface area contributed by atoms with Crippen molar-refractivity contribution in [3.8, 4) is 12.3 Å². The van der Waals surface area contributed by atoms with Gasteiger partial charge in [-0.2, -0.15) is 4.98 Å². The summed E-state index contributed by atoms with van der Waals surface area (Å²) >= 11 is 0. The highest BCUT2D eigenvalue weighted by molar-refractivity contribution is 5.70. The number of aromatic amines is 1. The van der Waals surface area contributed by atoms with Crippen LogP contribution in [-0.2, 0) is 4.74 Å². The summed E-state index contributed by atoms with van der Waals surface area (Å²) in [6, 6.07) is 0. The first-order valence-corrected chi connectivity index (χ1v) is 6.31. The summed E-state index contributed by atoms with van der Waals surface area (Å²) in [6.07, 6.45) is 1.52. The van der Waals surface area contributed by atoms with Gasteiger partial charge in [0.25, 0.3) is 11.4 Å². The summed E-state index contributed by atoms with van der Waals surface area (Å²) in [4.78, 5) is 21.4. The number of nitrogens with two attached hydrogens (primary N) is 1. The van der Waals surface area contributed by atoms with Crippen LogP contribution in [0.25, 0.3) is 11.2 Å². The van der Waals surface area contributed by atoms with Gasteiger partial charge in [0.1, 0.15) is 6.61 Å². The van der Waals surface area contributed by atoms with E-state index in [1.54, 1.807) is 5.92 Å². The van der Waals surface area contributed by atoms with Gasteiger partial charge < -0.3 is 20.7 Å². The fourth-order valence-corrected chi connectivity index (χ4v) is 2.43. The molecule has 4 atom stereocenters. The van der Waals surface area contributed by atoms with Crippen LogP contribution >= 0.6 is 0 Å². The molecule has 1 aliphatic heterocycles. The lowest BCUT2D eigenvalue weighted by Gasteiger charge is -2.24. The Balaban J connectivity index is 2.22. The van der Waals surface area contributed by atoms with E-state index in [0.29, 0.717) is 0 Å². The van der Waals surface area contributed by atoms with Crippen molar-refractivity contribution in [1.29, 1.82) is 0 Å². The summed E-state index contributed by atoms with van der Waals surface area (Å²) in [5.74, 6) is -1.78. The van der Waals surface area contributed by atoms with Gasteiger partial charge in [0.05, 0.1) is 6.33 Å². The average molecular weight is 327 g/mol. The number of ether oxygens (including phenoxy) is 1. The maximum Gasteiger partial charge on any atom is 0.280 e. The van der Waals surface area contributed by atoms with Crippen LogP contribution in [0.5, 0.6) is 0 Å². The van der Waals surface area contributed by atoms with E-state index >= 15 is 0 Å². The van der Waals surface area contributed by atoms with Gasteiger partial charge in [0.15, 0.2) is 17.4 Å². The molecule has 122 valence electrons. The molecule has 5 N–H and O–H groups in total. The summed E-state index contributed by atoms with van der Waals surface area (Å²) in [6.45, 7) is -1.38. The molecule has 11 heteroatoms. The molecular weight excluding hydrogens is 316 g/mol. The summed E-state index contributed by atoms with van der Waals surface area (Å²) in [7, 11) is 0. The number of anilines is 1. The third-order valence-electron chi connectivity index (χ3n) is 3.60. The number of hydrogen-bond donors (Lipinski definition) is 4. The highest BCUT2D eigenvalue weighted by Crippen LogP contribution is 2.47. The van der Waals surface area contributed by atoms with Gasteiger partial charge in [0.2, 0.25) is 17.7 Å². The third-order valence-corrected chi connectivity index (χ3v) is 3.60. The number of terminal acetylenes is 1. The Kier molecular flexibility index (Phi) is 3.15. The smallest absolute Gasteiger partial charge is 0.280 e. The third kappa shape index (κ3) is 1.93. The Morgan fingerprint density at radius 3 is 2.96 bits per heavy atom. The number of halogens is 2. The lowest BCUT2D eigenvalue weighted by atomic mass is 9.95. The largest absolute Gasteiger partial charge is 0.390 e. The van der Waals surface area contributed by atoms with Gasteiger partial charge >= 0.3 is 0 Å². The molecule has 9 nitrogen and oxygen atoms in total. The summed E-state index contributed by atoms with van der Waals surface area (Å²) < 4.78 is 34.2. The molecule has 0 aromatic carbocycles. The quantitative estimate of drug-likeness (QED) is 0.497. The van der Waals surface area contributed by atoms with Gasteiger partial charge in [-0.05, 0) is 0 Å². The minimum atomic E-state index is -3.23. The van der Waals surface area contributed by atoms with Crippen molar-refractivity contribution in [3.63, 3.8) is 0 Å². The maximum atomic E-state index is 14.3. The molecule has 1 fully saturated rings. The molecule has 23 heavy (non-hydrogen) atoms. The zero-order chi connectivity index (χ0) is 17.0. The summed E-state index contributed by atoms with van der Waals surface area (Å²) in [5, 5.41) is 19.3. The van der Waals surface area contributed by atoms with Crippen LogP contribution in [0.2, 0.25) is 0 Å². The van der Waals surface area contributed by atoms with Gasteiger partial charge in [-0.1, -0.05) is 5.92 Å². The number of imidazole rings is 1. The standard InChI is InChI=1S/C12H11F2N5O4/c1-2-11(22)8(13)12(14,3-20)23-9(11)19-4-16-5-6(19)17-10(15)18-7(5)21/h1,4,8-9,20,22H,3H2,(H3,15,17,18,21). The molecule has 1 aliphatic rings. The molecule has 3 rings (SSSR count). The van der Waals surface area contributed by atoms with Crippen molar-refractivity contribution in [2.45, 2.75) is 23.9 Å². The van der Waals surface area contributed by atoms with Crippen LogP contribution in [0.1, 0.15) is 6.23 Å². The number of hydrogen-bond acceptors (Lipinski definition) is 7. The molecule has 4 unspecified atom stereocenters. The van der Waals surface area contributed by atoms with Crippen molar-refractivity contribution in [1.82, 2.24) is 19.5 Å². The van der Waals surface area contributed by atoms with E-state index in [-0.39, 0.29) is 17.1 Å². The molecular formula is C12H11F2N5O4. The fourth-order valence-electron chi connectivity index (χ4n) is 2.43. The number of H-pyrrole nitrogens is 1. The van der Waals surface area contributed by atoms with Crippen LogP contribution in [0, 0.1) is 12.3 Å². The van der Waals surface area contributed by atoms with E-state index in [4.69, 9.17) is 22.0 Å². The number of aliphatic hydroxyl groups is 2. The van der Waals surface area contributed by atoms with Crippen LogP contribution in [0.3, 0.4) is 0 Å². The fraction of sp³-hybridized carbons (Fsp3) is 0.417. The zero-order valence-corrected chi connectivity index (χ0v) is 11.4. The van der Waals surface area contributed by atoms with E-state index in [9.17, 15) is 18.7 Å². The van der Waals surface area contributed by atoms with Crippen molar-refractivity contribution in [2.24, 2.45) is 0 Å². The number of aromatic nitrogens is 4. The van der Waals surface area contributed by atoms with Crippen LogP contribution in [0.4, 0.5) is 14.7 Å². The second-order valence-corrected chi connectivity index (χ2v) is 5.02. The SMILES string of the molecule is C#CC1(O)C(n2cnc3c(=O)[nH]c(N)nc32)OC(F)(CO)C1F. The van der Waals surface area contributed by atoms with Gasteiger partial charge in [-0.15, -0.1) is 6.42 Å². The van der Waals surface area contributed by atoms with Crippen molar-refractivity contribution >= 4 is 17.1 Å². The molecule has 1 saturated heterocycles. The Bertz CT molecular complexity index is 876. The maximum absolute atomic E-state index is 14.3. The monoisotopic (exact) mass is 327 g/mol. The topological polar surface area (TPSA) is 139 Å². The second kappa shape index (κ2) is 4.72. The van der Waals surface area contributed by atoms with Crippen molar-refractivity contribution in [3.05, 3.63) is 16.7 Å². The van der Waals surface area contributed by atoms with E-state index in [1.807, 2.05) is 0 Å². The van der Waals surface area contributed by atoms with Gasteiger partial charge in [-0.3, -0.25) is 14.3 Å². The minimum Gasteiger partial charge on any atom is -0.390 e. The van der Waals surface area contributed by atoms with Gasteiger partial charge in [-0.25, -0.2) is 13.8 Å². The Morgan fingerprint density at radius 1 is 1.65 bits per heavy atom. The van der Waals surface area contributed by atoms with Crippen LogP contribution in [0.15, 0.2) is 11.1 Å². The number of nitrogen functional groups attached to an aromatic ring is 1. The molecule has 3 heterocycles. The normalized spacial score (nSPS) is 33.9. The number of nitrogens with zero attached hydrogens (tertiary/aromatic N) is 3. The van der Waals surface area contributed by atoms with Gasteiger partial charge in [0, 0.05) is 0 Å². The first-order chi connectivity index (χ1) is 10.8. The number of aliphatic hydroxyl groups excluding tert-OH is 1. The molecule has 0 radical (unpaired) electrons. The van der Waals surface area contributed by atoms with Crippen LogP contribution < -0.4 is 11.3 Å². The molecule has 0 spiro atoms. The number of nitrogens with one attached hydrogen (secondary N) is 1. The van der Waals surface area contributed by atoms with E-state index in [1.165, 1.54) is 0 Å². The molecule has 0 saturated carbocycles. The molecule has 0 aliphatic carbocycles. The first kappa shape index (κ1) is 15.3. The van der Waals surface area contributed by atoms with E-state index in [0.717, 1.165) is 10.9 Å². The van der Waals surface area contributed by atoms with E-state index in [2.05, 4.69) is 15.0 Å². The average Bonchev–Trinajstić information content (AvgIpc) is 3.01. The first-order valence-electron chi connectivity index (χ1n) is 6.31. The van der Waals surface area contributed by atoms with Crippen LogP contribution in [-0.4, -0.2) is 54.0 Å². The molecule has 0 bridgehead atoms. The number of rotatable bonds is 2. The molecule has 2 aromatic heterocycles. The highest BCUT2D eigenvalue weighted by Gasteiger charge is 2.66. The Morgan fingerprint density at radius 2 is 2.35 bits per heavy atom. The molecule has 2 aromatic rings. The Hall–Kier alpha value is -2.55.